The summed E-state index contributed by atoms with van der Waals surface area (Å²) >= 11 is 1.51. The Balaban J connectivity index is 2.44. The highest BCUT2D eigenvalue weighted by Gasteiger charge is 2.20. The van der Waals surface area contributed by atoms with Crippen LogP contribution in [0.5, 0.6) is 0 Å². The largest absolute Gasteiger partial charge is 0.475 e. The lowest BCUT2D eigenvalue weighted by molar-refractivity contribution is 0.0656. The number of carboxylic acids is 1. The summed E-state index contributed by atoms with van der Waals surface area (Å²) in [5.74, 6) is -0.424. The Morgan fingerprint density at radius 3 is 2.68 bits per heavy atom. The number of furan rings is 1. The molecule has 0 unspecified atom stereocenters. The van der Waals surface area contributed by atoms with E-state index in [1.54, 1.807) is 0 Å². The maximum Gasteiger partial charge on any atom is 0.371 e. The Kier molecular flexibility index (Phi) is 6.35. The number of sulfonamides is 1. The summed E-state index contributed by atoms with van der Waals surface area (Å²) in [6.07, 6.45) is 0.664. The molecule has 108 valence electrons. The Morgan fingerprint density at radius 1 is 1.37 bits per heavy atom. The van der Waals surface area contributed by atoms with Crippen molar-refractivity contribution < 1.29 is 27.8 Å². The molecule has 0 aliphatic carbocycles. The molecule has 1 aromatic heterocycles. The fourth-order valence-electron chi connectivity index (χ4n) is 1.17. The molecule has 0 spiro atoms. The van der Waals surface area contributed by atoms with Gasteiger partial charge in [0, 0.05) is 18.9 Å². The van der Waals surface area contributed by atoms with Crippen LogP contribution in [-0.2, 0) is 10.0 Å². The fourth-order valence-corrected chi connectivity index (χ4v) is 3.04. The molecule has 0 fully saturated rings. The van der Waals surface area contributed by atoms with Crippen LogP contribution in [0.3, 0.4) is 0 Å². The maximum atomic E-state index is 11.7. The van der Waals surface area contributed by atoms with Crippen molar-refractivity contribution in [2.24, 2.45) is 0 Å². The SMILES string of the molecule is O=C(O)c1ccc(S(=O)(=O)NCCSCCCO)o1. The van der Waals surface area contributed by atoms with Crippen molar-refractivity contribution in [1.29, 1.82) is 0 Å². The van der Waals surface area contributed by atoms with E-state index >= 15 is 0 Å². The molecule has 0 aromatic carbocycles. The average molecular weight is 309 g/mol. The Morgan fingerprint density at radius 2 is 2.11 bits per heavy atom. The minimum atomic E-state index is -3.81. The van der Waals surface area contributed by atoms with E-state index in [0.717, 1.165) is 17.9 Å². The van der Waals surface area contributed by atoms with Crippen LogP contribution in [0.2, 0.25) is 0 Å². The van der Waals surface area contributed by atoms with Gasteiger partial charge in [0.2, 0.25) is 10.9 Å². The topological polar surface area (TPSA) is 117 Å². The predicted molar refractivity (Wildman–Crippen MR) is 69.9 cm³/mol. The number of aromatic carboxylic acids is 1. The molecule has 0 aliphatic rings. The minimum Gasteiger partial charge on any atom is -0.475 e. The lowest BCUT2D eigenvalue weighted by Crippen LogP contribution is -2.25. The molecular weight excluding hydrogens is 294 g/mol. The van der Waals surface area contributed by atoms with Crippen LogP contribution in [0, 0.1) is 0 Å². The number of rotatable bonds is 9. The number of carboxylic acid groups (broad SMARTS) is 1. The molecular formula is C10H15NO6S2. The van der Waals surface area contributed by atoms with Gasteiger partial charge in [0.1, 0.15) is 0 Å². The van der Waals surface area contributed by atoms with Crippen LogP contribution in [0.4, 0.5) is 0 Å². The number of hydrogen-bond acceptors (Lipinski definition) is 6. The number of aliphatic hydroxyl groups is 1. The van der Waals surface area contributed by atoms with Crippen LogP contribution in [-0.4, -0.2) is 49.3 Å². The van der Waals surface area contributed by atoms with Crippen molar-refractivity contribution in [2.75, 3.05) is 24.7 Å². The minimum absolute atomic E-state index is 0.114. The third-order valence-electron chi connectivity index (χ3n) is 2.04. The molecule has 0 atom stereocenters. The first kappa shape index (κ1) is 16.0. The van der Waals surface area contributed by atoms with Crippen molar-refractivity contribution in [2.45, 2.75) is 11.5 Å². The van der Waals surface area contributed by atoms with E-state index in [9.17, 15) is 13.2 Å². The lowest BCUT2D eigenvalue weighted by Gasteiger charge is -2.03. The smallest absolute Gasteiger partial charge is 0.371 e. The second kappa shape index (κ2) is 7.53. The molecule has 9 heteroatoms. The van der Waals surface area contributed by atoms with E-state index < -0.39 is 26.8 Å². The van der Waals surface area contributed by atoms with Crippen LogP contribution < -0.4 is 4.72 Å². The zero-order valence-corrected chi connectivity index (χ0v) is 11.7. The standard InChI is InChI=1S/C10H15NO6S2/c12-5-1-6-18-7-4-11-19(15,16)9-3-2-8(17-9)10(13)14/h2-3,11-12H,1,4-7H2,(H,13,14). The van der Waals surface area contributed by atoms with Crippen molar-refractivity contribution in [3.05, 3.63) is 17.9 Å². The molecule has 1 rings (SSSR count). The molecule has 0 saturated carbocycles. The third kappa shape index (κ3) is 5.23. The molecule has 1 heterocycles. The van der Waals surface area contributed by atoms with Gasteiger partial charge in [-0.15, -0.1) is 0 Å². The highest BCUT2D eigenvalue weighted by Crippen LogP contribution is 2.13. The summed E-state index contributed by atoms with van der Waals surface area (Å²) in [5.41, 5.74) is 0. The summed E-state index contributed by atoms with van der Waals surface area (Å²) in [6, 6.07) is 2.19. The van der Waals surface area contributed by atoms with Gasteiger partial charge in [0.05, 0.1) is 0 Å². The second-order valence-corrected chi connectivity index (χ2v) is 6.43. The summed E-state index contributed by atoms with van der Waals surface area (Å²) < 4.78 is 30.4. The van der Waals surface area contributed by atoms with Gasteiger partial charge in [0.25, 0.3) is 10.0 Å². The zero-order chi connectivity index (χ0) is 14.3. The van der Waals surface area contributed by atoms with Gasteiger partial charge in [-0.05, 0) is 24.3 Å². The number of carbonyl (C=O) groups is 1. The van der Waals surface area contributed by atoms with Crippen molar-refractivity contribution in [1.82, 2.24) is 4.72 Å². The normalized spacial score (nSPS) is 11.6. The monoisotopic (exact) mass is 309 g/mol. The molecule has 0 saturated heterocycles. The average Bonchev–Trinajstić information content (AvgIpc) is 2.84. The van der Waals surface area contributed by atoms with Gasteiger partial charge in [-0.3, -0.25) is 0 Å². The molecule has 19 heavy (non-hydrogen) atoms. The first-order valence-corrected chi connectivity index (χ1v) is 8.12. The molecule has 7 nitrogen and oxygen atoms in total. The molecule has 1 aromatic rings. The maximum absolute atomic E-state index is 11.7. The van der Waals surface area contributed by atoms with E-state index in [1.807, 2.05) is 0 Å². The second-order valence-electron chi connectivity index (χ2n) is 3.51. The molecule has 3 N–H and O–H groups in total. The first-order chi connectivity index (χ1) is 8.97. The number of nitrogens with one attached hydrogen (secondary N) is 1. The Bertz CT molecular complexity index is 510. The van der Waals surface area contributed by atoms with E-state index in [0.29, 0.717) is 12.2 Å². The summed E-state index contributed by atoms with van der Waals surface area (Å²) in [4.78, 5) is 10.6. The predicted octanol–water partition coefficient (Wildman–Crippen LogP) is 0.372. The molecule has 0 amide bonds. The van der Waals surface area contributed by atoms with Gasteiger partial charge >= 0.3 is 5.97 Å². The molecule has 0 bridgehead atoms. The van der Waals surface area contributed by atoms with Gasteiger partial charge in [-0.1, -0.05) is 0 Å². The summed E-state index contributed by atoms with van der Waals surface area (Å²) in [7, 11) is -3.81. The Labute approximate surface area is 115 Å². The fraction of sp³-hybridized carbons (Fsp3) is 0.500. The summed E-state index contributed by atoms with van der Waals surface area (Å²) in [6.45, 7) is 0.324. The van der Waals surface area contributed by atoms with E-state index in [2.05, 4.69) is 4.72 Å². The molecule has 0 radical (unpaired) electrons. The van der Waals surface area contributed by atoms with E-state index in [-0.39, 0.29) is 13.2 Å². The quantitative estimate of drug-likeness (QED) is 0.564. The molecule has 0 aliphatic heterocycles. The third-order valence-corrected chi connectivity index (χ3v) is 4.45. The van der Waals surface area contributed by atoms with Crippen molar-refractivity contribution >= 4 is 27.8 Å². The van der Waals surface area contributed by atoms with Crippen LogP contribution >= 0.6 is 11.8 Å². The van der Waals surface area contributed by atoms with Crippen molar-refractivity contribution in [3.8, 4) is 0 Å². The van der Waals surface area contributed by atoms with Crippen LogP contribution in [0.1, 0.15) is 17.0 Å². The number of thioether (sulfide) groups is 1. The summed E-state index contributed by atoms with van der Waals surface area (Å²) in [5, 5.41) is 16.8. The highest BCUT2D eigenvalue weighted by molar-refractivity contribution is 7.99. The Hall–Kier alpha value is -1.03. The highest BCUT2D eigenvalue weighted by atomic mass is 32.2. The van der Waals surface area contributed by atoms with Gasteiger partial charge in [-0.2, -0.15) is 11.8 Å². The van der Waals surface area contributed by atoms with Crippen molar-refractivity contribution in [3.63, 3.8) is 0 Å². The number of aliphatic hydroxyl groups excluding tert-OH is 1. The van der Waals surface area contributed by atoms with Crippen LogP contribution in [0.25, 0.3) is 0 Å². The lowest BCUT2D eigenvalue weighted by atomic mass is 10.5. The van der Waals surface area contributed by atoms with Gasteiger partial charge in [-0.25, -0.2) is 17.9 Å². The first-order valence-electron chi connectivity index (χ1n) is 5.49. The number of hydrogen-bond donors (Lipinski definition) is 3. The zero-order valence-electron chi connectivity index (χ0n) is 10.0. The van der Waals surface area contributed by atoms with Gasteiger partial charge < -0.3 is 14.6 Å². The van der Waals surface area contributed by atoms with Gasteiger partial charge in [0.15, 0.2) is 0 Å². The van der Waals surface area contributed by atoms with Crippen LogP contribution in [0.15, 0.2) is 21.6 Å². The van der Waals surface area contributed by atoms with E-state index in [4.69, 9.17) is 14.6 Å². The van der Waals surface area contributed by atoms with E-state index in [1.165, 1.54) is 11.8 Å².